The van der Waals surface area contributed by atoms with Gasteiger partial charge in [0.15, 0.2) is 5.69 Å². The van der Waals surface area contributed by atoms with Gasteiger partial charge in [-0.3, -0.25) is 4.79 Å². The standard InChI is InChI=1S/C16H20N4O2.ClH/c1-11-3-4-15(22-2)14(9-11)20-8-6-13(19-20)16(21)18-12-5-7-17-10-12;/h3-4,6,8-9,12,17H,5,7,10H2,1-2H3,(H,18,21);1H. The number of methoxy groups -OCH3 is 1. The Morgan fingerprint density at radius 3 is 2.96 bits per heavy atom. The summed E-state index contributed by atoms with van der Waals surface area (Å²) < 4.78 is 7.04. The predicted molar refractivity (Wildman–Crippen MR) is 90.8 cm³/mol. The molecule has 0 saturated carbocycles. The van der Waals surface area contributed by atoms with Crippen LogP contribution in [0.15, 0.2) is 30.5 Å². The summed E-state index contributed by atoms with van der Waals surface area (Å²) in [7, 11) is 1.62. The number of nitrogens with one attached hydrogen (secondary N) is 2. The maximum absolute atomic E-state index is 12.2. The van der Waals surface area contributed by atoms with Crippen LogP contribution in [0.25, 0.3) is 5.69 Å². The van der Waals surface area contributed by atoms with Crippen LogP contribution in [0.4, 0.5) is 0 Å². The molecule has 124 valence electrons. The molecule has 23 heavy (non-hydrogen) atoms. The lowest BCUT2D eigenvalue weighted by atomic mass is 10.2. The van der Waals surface area contributed by atoms with Gasteiger partial charge in [-0.05, 0) is 43.7 Å². The summed E-state index contributed by atoms with van der Waals surface area (Å²) in [4.78, 5) is 12.2. The number of aromatic nitrogens is 2. The highest BCUT2D eigenvalue weighted by atomic mass is 35.5. The number of carbonyl (C=O) groups excluding carboxylic acids is 1. The Bertz CT molecular complexity index is 680. The average molecular weight is 337 g/mol. The Morgan fingerprint density at radius 1 is 1.43 bits per heavy atom. The van der Waals surface area contributed by atoms with Gasteiger partial charge in [0, 0.05) is 18.8 Å². The first-order chi connectivity index (χ1) is 10.7. The molecule has 1 atom stereocenters. The summed E-state index contributed by atoms with van der Waals surface area (Å²) in [5, 5.41) is 10.6. The fraction of sp³-hybridized carbons (Fsp3) is 0.375. The van der Waals surface area contributed by atoms with Crippen LogP contribution in [0.2, 0.25) is 0 Å². The Labute approximate surface area is 141 Å². The van der Waals surface area contributed by atoms with E-state index in [0.717, 1.165) is 36.5 Å². The maximum atomic E-state index is 12.2. The van der Waals surface area contributed by atoms with Crippen molar-refractivity contribution in [3.63, 3.8) is 0 Å². The fourth-order valence-corrected chi connectivity index (χ4v) is 2.60. The van der Waals surface area contributed by atoms with E-state index >= 15 is 0 Å². The van der Waals surface area contributed by atoms with Crippen LogP contribution in [0, 0.1) is 6.92 Å². The Kier molecular flexibility index (Phi) is 5.63. The van der Waals surface area contributed by atoms with Crippen LogP contribution in [-0.2, 0) is 0 Å². The van der Waals surface area contributed by atoms with Gasteiger partial charge in [-0.25, -0.2) is 4.68 Å². The highest BCUT2D eigenvalue weighted by molar-refractivity contribution is 5.92. The topological polar surface area (TPSA) is 68.2 Å². The summed E-state index contributed by atoms with van der Waals surface area (Å²) in [6.45, 7) is 3.77. The first kappa shape index (κ1) is 17.3. The first-order valence-corrected chi connectivity index (χ1v) is 7.39. The smallest absolute Gasteiger partial charge is 0.272 e. The molecule has 0 spiro atoms. The predicted octanol–water partition coefficient (Wildman–Crippen LogP) is 1.70. The van der Waals surface area contributed by atoms with E-state index < -0.39 is 0 Å². The number of hydrogen-bond donors (Lipinski definition) is 2. The quantitative estimate of drug-likeness (QED) is 0.891. The molecule has 6 nitrogen and oxygen atoms in total. The first-order valence-electron chi connectivity index (χ1n) is 7.39. The summed E-state index contributed by atoms with van der Waals surface area (Å²) >= 11 is 0. The number of carbonyl (C=O) groups is 1. The number of amides is 1. The summed E-state index contributed by atoms with van der Waals surface area (Å²) in [5.74, 6) is 0.583. The molecule has 1 aromatic carbocycles. The molecule has 0 bridgehead atoms. The van der Waals surface area contributed by atoms with Crippen molar-refractivity contribution in [2.24, 2.45) is 0 Å². The van der Waals surface area contributed by atoms with E-state index in [-0.39, 0.29) is 24.4 Å². The second kappa shape index (κ2) is 7.48. The molecule has 2 heterocycles. The molecule has 1 aromatic heterocycles. The van der Waals surface area contributed by atoms with E-state index in [2.05, 4.69) is 15.7 Å². The highest BCUT2D eigenvalue weighted by Crippen LogP contribution is 2.23. The highest BCUT2D eigenvalue weighted by Gasteiger charge is 2.19. The van der Waals surface area contributed by atoms with Crippen LogP contribution in [0.5, 0.6) is 5.75 Å². The minimum absolute atomic E-state index is 0. The zero-order valence-corrected chi connectivity index (χ0v) is 14.0. The maximum Gasteiger partial charge on any atom is 0.272 e. The van der Waals surface area contributed by atoms with Gasteiger partial charge in [0.1, 0.15) is 11.4 Å². The van der Waals surface area contributed by atoms with Crippen LogP contribution in [0.1, 0.15) is 22.5 Å². The Balaban J connectivity index is 0.00000192. The Morgan fingerprint density at radius 2 is 2.26 bits per heavy atom. The van der Waals surface area contributed by atoms with Crippen molar-refractivity contribution in [3.05, 3.63) is 41.7 Å². The van der Waals surface area contributed by atoms with Gasteiger partial charge in [0.05, 0.1) is 7.11 Å². The SMILES string of the molecule is COc1ccc(C)cc1-n1ccc(C(=O)NC2CCNC2)n1.Cl. The van der Waals surface area contributed by atoms with Crippen molar-refractivity contribution in [3.8, 4) is 11.4 Å². The fourth-order valence-electron chi connectivity index (χ4n) is 2.60. The summed E-state index contributed by atoms with van der Waals surface area (Å²) in [5.41, 5.74) is 2.34. The van der Waals surface area contributed by atoms with Crippen LogP contribution < -0.4 is 15.4 Å². The number of ether oxygens (including phenoxy) is 1. The van der Waals surface area contributed by atoms with Crippen LogP contribution in [-0.4, -0.2) is 41.9 Å². The molecule has 2 aromatic rings. The molecular formula is C16H21ClN4O2. The van der Waals surface area contributed by atoms with E-state index in [9.17, 15) is 4.79 Å². The monoisotopic (exact) mass is 336 g/mol. The molecule has 1 aliphatic heterocycles. The number of hydrogen-bond acceptors (Lipinski definition) is 4. The third kappa shape index (κ3) is 3.83. The molecule has 3 rings (SSSR count). The van der Waals surface area contributed by atoms with Crippen molar-refractivity contribution in [1.29, 1.82) is 0 Å². The van der Waals surface area contributed by atoms with E-state index in [4.69, 9.17) is 4.74 Å². The molecule has 1 fully saturated rings. The molecule has 0 aliphatic carbocycles. The van der Waals surface area contributed by atoms with Crippen LogP contribution in [0.3, 0.4) is 0 Å². The molecule has 1 saturated heterocycles. The molecule has 2 N–H and O–H groups in total. The van der Waals surface area contributed by atoms with Gasteiger partial charge in [-0.15, -0.1) is 12.4 Å². The molecule has 0 radical (unpaired) electrons. The minimum Gasteiger partial charge on any atom is -0.494 e. The Hall–Kier alpha value is -2.05. The van der Waals surface area contributed by atoms with Gasteiger partial charge in [0.2, 0.25) is 0 Å². The van der Waals surface area contributed by atoms with Crippen molar-refractivity contribution < 1.29 is 9.53 Å². The normalized spacial score (nSPS) is 16.7. The van der Waals surface area contributed by atoms with E-state index in [1.807, 2.05) is 25.1 Å². The van der Waals surface area contributed by atoms with Gasteiger partial charge < -0.3 is 15.4 Å². The third-order valence-corrected chi connectivity index (χ3v) is 3.80. The zero-order valence-electron chi connectivity index (χ0n) is 13.2. The average Bonchev–Trinajstić information content (AvgIpc) is 3.18. The van der Waals surface area contributed by atoms with Crippen molar-refractivity contribution >= 4 is 18.3 Å². The number of nitrogens with zero attached hydrogens (tertiary/aromatic N) is 2. The molecule has 1 amide bonds. The molecule has 7 heteroatoms. The second-order valence-electron chi connectivity index (χ2n) is 5.48. The second-order valence-corrected chi connectivity index (χ2v) is 5.48. The largest absolute Gasteiger partial charge is 0.494 e. The number of halogens is 1. The van der Waals surface area contributed by atoms with E-state index in [1.54, 1.807) is 24.1 Å². The summed E-state index contributed by atoms with van der Waals surface area (Å²) in [6, 6.07) is 7.77. The van der Waals surface area contributed by atoms with Crippen molar-refractivity contribution in [1.82, 2.24) is 20.4 Å². The van der Waals surface area contributed by atoms with E-state index in [0.29, 0.717) is 5.69 Å². The number of benzene rings is 1. The lowest BCUT2D eigenvalue weighted by Crippen LogP contribution is -2.36. The lowest BCUT2D eigenvalue weighted by molar-refractivity contribution is 0.0934. The molecule has 1 aliphatic rings. The van der Waals surface area contributed by atoms with E-state index in [1.165, 1.54) is 0 Å². The van der Waals surface area contributed by atoms with Gasteiger partial charge in [0.25, 0.3) is 5.91 Å². The number of aryl methyl sites for hydroxylation is 1. The van der Waals surface area contributed by atoms with Gasteiger partial charge in [-0.2, -0.15) is 5.10 Å². The van der Waals surface area contributed by atoms with Gasteiger partial charge in [-0.1, -0.05) is 6.07 Å². The van der Waals surface area contributed by atoms with Gasteiger partial charge >= 0.3 is 0 Å². The lowest BCUT2D eigenvalue weighted by Gasteiger charge is -2.10. The third-order valence-electron chi connectivity index (χ3n) is 3.80. The minimum atomic E-state index is -0.140. The molecular weight excluding hydrogens is 316 g/mol. The zero-order chi connectivity index (χ0) is 15.5. The number of rotatable bonds is 4. The van der Waals surface area contributed by atoms with Crippen molar-refractivity contribution in [2.45, 2.75) is 19.4 Å². The van der Waals surface area contributed by atoms with Crippen molar-refractivity contribution in [2.75, 3.05) is 20.2 Å². The van der Waals surface area contributed by atoms with Crippen LogP contribution >= 0.6 is 12.4 Å². The summed E-state index contributed by atoms with van der Waals surface area (Å²) in [6.07, 6.45) is 2.73. The molecule has 1 unspecified atom stereocenters.